The monoisotopic (exact) mass is 337 g/mol. The first-order valence-corrected chi connectivity index (χ1v) is 7.02. The van der Waals surface area contributed by atoms with Crippen molar-refractivity contribution in [2.75, 3.05) is 31.5 Å². The van der Waals surface area contributed by atoms with Gasteiger partial charge < -0.3 is 10.6 Å². The molecule has 0 radical (unpaired) electrons. The van der Waals surface area contributed by atoms with Gasteiger partial charge in [-0.2, -0.15) is 0 Å². The summed E-state index contributed by atoms with van der Waals surface area (Å²) < 4.78 is 0. The van der Waals surface area contributed by atoms with E-state index in [1.165, 1.54) is 0 Å². The van der Waals surface area contributed by atoms with E-state index >= 15 is 0 Å². The number of anilines is 1. The summed E-state index contributed by atoms with van der Waals surface area (Å²) in [4.78, 5) is 14.2. The second-order valence-electron chi connectivity index (χ2n) is 4.67. The highest BCUT2D eigenvalue weighted by molar-refractivity contribution is 6.43. The van der Waals surface area contributed by atoms with Gasteiger partial charge in [-0.1, -0.05) is 29.3 Å². The molecule has 20 heavy (non-hydrogen) atoms. The van der Waals surface area contributed by atoms with Gasteiger partial charge in [0.15, 0.2) is 0 Å². The molecule has 1 aromatic carbocycles. The van der Waals surface area contributed by atoms with Crippen LogP contribution in [0.25, 0.3) is 0 Å². The standard InChI is InChI=1S/C13H17Cl2N3O.ClH/c1-9-7-16-5-6-18(9)8-12(19)17-11-4-2-3-10(14)13(11)15;/h2-4,9,16H,5-8H2,1H3,(H,17,19);1H/t9-;/m0./s1. The van der Waals surface area contributed by atoms with Gasteiger partial charge in [-0.25, -0.2) is 0 Å². The van der Waals surface area contributed by atoms with Crippen molar-refractivity contribution < 1.29 is 4.79 Å². The van der Waals surface area contributed by atoms with Crippen LogP contribution in [0.3, 0.4) is 0 Å². The van der Waals surface area contributed by atoms with Crippen molar-refractivity contribution in [3.63, 3.8) is 0 Å². The average Bonchev–Trinajstić information content (AvgIpc) is 2.38. The van der Waals surface area contributed by atoms with Gasteiger partial charge in [0.1, 0.15) is 0 Å². The number of carbonyl (C=O) groups excluding carboxylic acids is 1. The molecule has 0 saturated carbocycles. The second-order valence-corrected chi connectivity index (χ2v) is 5.46. The normalized spacial score (nSPS) is 19.2. The lowest BCUT2D eigenvalue weighted by molar-refractivity contribution is -0.118. The number of halogens is 3. The molecule has 4 nitrogen and oxygen atoms in total. The van der Waals surface area contributed by atoms with E-state index in [1.54, 1.807) is 18.2 Å². The Morgan fingerprint density at radius 2 is 2.25 bits per heavy atom. The summed E-state index contributed by atoms with van der Waals surface area (Å²) in [6.45, 7) is 5.16. The van der Waals surface area contributed by atoms with Crippen LogP contribution in [-0.2, 0) is 4.79 Å². The zero-order valence-electron chi connectivity index (χ0n) is 11.2. The lowest BCUT2D eigenvalue weighted by atomic mass is 10.2. The molecule has 1 amide bonds. The number of carbonyl (C=O) groups is 1. The molecule has 1 aliphatic heterocycles. The average molecular weight is 339 g/mol. The van der Waals surface area contributed by atoms with Crippen molar-refractivity contribution in [2.45, 2.75) is 13.0 Å². The van der Waals surface area contributed by atoms with Crippen LogP contribution in [0.1, 0.15) is 6.92 Å². The number of nitrogens with zero attached hydrogens (tertiary/aromatic N) is 1. The summed E-state index contributed by atoms with van der Waals surface area (Å²) in [5, 5.41) is 6.91. The summed E-state index contributed by atoms with van der Waals surface area (Å²) in [6, 6.07) is 5.55. The number of amides is 1. The Kier molecular flexibility index (Phi) is 7.06. The van der Waals surface area contributed by atoms with Crippen LogP contribution in [0.5, 0.6) is 0 Å². The molecule has 1 aromatic rings. The zero-order chi connectivity index (χ0) is 13.8. The van der Waals surface area contributed by atoms with Gasteiger partial charge in [0.2, 0.25) is 5.91 Å². The number of hydrogen-bond acceptors (Lipinski definition) is 3. The van der Waals surface area contributed by atoms with E-state index in [2.05, 4.69) is 22.5 Å². The first-order valence-electron chi connectivity index (χ1n) is 6.26. The Morgan fingerprint density at radius 3 is 2.95 bits per heavy atom. The fraction of sp³-hybridized carbons (Fsp3) is 0.462. The van der Waals surface area contributed by atoms with E-state index in [4.69, 9.17) is 23.2 Å². The van der Waals surface area contributed by atoms with E-state index in [0.29, 0.717) is 28.3 Å². The molecule has 2 rings (SSSR count). The summed E-state index contributed by atoms with van der Waals surface area (Å²) in [5.74, 6) is -0.0714. The number of hydrogen-bond donors (Lipinski definition) is 2. The summed E-state index contributed by atoms with van der Waals surface area (Å²) in [7, 11) is 0. The van der Waals surface area contributed by atoms with Crippen LogP contribution in [-0.4, -0.2) is 43.0 Å². The largest absolute Gasteiger partial charge is 0.324 e. The highest BCUT2D eigenvalue weighted by Crippen LogP contribution is 2.29. The molecule has 1 heterocycles. The van der Waals surface area contributed by atoms with Crippen molar-refractivity contribution in [2.24, 2.45) is 0 Å². The van der Waals surface area contributed by atoms with Gasteiger partial charge in [-0.3, -0.25) is 9.69 Å². The van der Waals surface area contributed by atoms with Gasteiger partial charge in [0.25, 0.3) is 0 Å². The molecule has 112 valence electrons. The summed E-state index contributed by atoms with van der Waals surface area (Å²) >= 11 is 11.9. The smallest absolute Gasteiger partial charge is 0.238 e. The van der Waals surface area contributed by atoms with Gasteiger partial charge in [0, 0.05) is 25.7 Å². The van der Waals surface area contributed by atoms with Crippen molar-refractivity contribution >= 4 is 47.2 Å². The second kappa shape index (κ2) is 8.05. The number of benzene rings is 1. The Morgan fingerprint density at radius 1 is 1.50 bits per heavy atom. The van der Waals surface area contributed by atoms with Gasteiger partial charge in [-0.05, 0) is 19.1 Å². The minimum atomic E-state index is -0.0714. The minimum Gasteiger partial charge on any atom is -0.324 e. The Bertz CT molecular complexity index is 470. The molecule has 1 atom stereocenters. The molecule has 2 N–H and O–H groups in total. The number of piperazine rings is 1. The molecular formula is C13H18Cl3N3O. The third-order valence-electron chi connectivity index (χ3n) is 3.21. The van der Waals surface area contributed by atoms with Gasteiger partial charge >= 0.3 is 0 Å². The molecule has 7 heteroatoms. The molecule has 0 unspecified atom stereocenters. The van der Waals surface area contributed by atoms with Crippen molar-refractivity contribution in [1.29, 1.82) is 0 Å². The van der Waals surface area contributed by atoms with Crippen molar-refractivity contribution in [3.8, 4) is 0 Å². The molecule has 0 spiro atoms. The highest BCUT2D eigenvalue weighted by Gasteiger charge is 2.20. The molecule has 0 bridgehead atoms. The Hall–Kier alpha value is -0.520. The quantitative estimate of drug-likeness (QED) is 0.890. The SMILES string of the molecule is C[C@H]1CNCCN1CC(=O)Nc1cccc(Cl)c1Cl.Cl. The van der Waals surface area contributed by atoms with Gasteiger partial charge in [0.05, 0.1) is 22.3 Å². The minimum absolute atomic E-state index is 0. The third-order valence-corrected chi connectivity index (χ3v) is 4.03. The third kappa shape index (κ3) is 4.50. The molecule has 1 saturated heterocycles. The zero-order valence-corrected chi connectivity index (χ0v) is 13.5. The van der Waals surface area contributed by atoms with E-state index in [-0.39, 0.29) is 18.3 Å². The predicted molar refractivity (Wildman–Crippen MR) is 86.2 cm³/mol. The predicted octanol–water partition coefficient (Wildman–Crippen LogP) is 2.65. The Labute approximate surface area is 135 Å². The van der Waals surface area contributed by atoms with E-state index in [0.717, 1.165) is 19.6 Å². The van der Waals surface area contributed by atoms with Gasteiger partial charge in [-0.15, -0.1) is 12.4 Å². The van der Waals surface area contributed by atoms with Crippen molar-refractivity contribution in [3.05, 3.63) is 28.2 Å². The fourth-order valence-electron chi connectivity index (χ4n) is 2.09. The van der Waals surface area contributed by atoms with Crippen LogP contribution in [0.15, 0.2) is 18.2 Å². The Balaban J connectivity index is 0.00000200. The number of nitrogens with one attached hydrogen (secondary N) is 2. The molecule has 0 aromatic heterocycles. The van der Waals surface area contributed by atoms with E-state index in [1.807, 2.05) is 0 Å². The lowest BCUT2D eigenvalue weighted by Gasteiger charge is -2.33. The molecular weight excluding hydrogens is 321 g/mol. The first-order chi connectivity index (χ1) is 9.08. The maximum absolute atomic E-state index is 12.0. The van der Waals surface area contributed by atoms with E-state index in [9.17, 15) is 4.79 Å². The summed E-state index contributed by atoms with van der Waals surface area (Å²) in [5.41, 5.74) is 0.557. The van der Waals surface area contributed by atoms with Crippen LogP contribution < -0.4 is 10.6 Å². The number of rotatable bonds is 3. The topological polar surface area (TPSA) is 44.4 Å². The highest BCUT2D eigenvalue weighted by atomic mass is 35.5. The maximum Gasteiger partial charge on any atom is 0.238 e. The summed E-state index contributed by atoms with van der Waals surface area (Å²) in [6.07, 6.45) is 0. The molecule has 1 aliphatic rings. The van der Waals surface area contributed by atoms with Crippen LogP contribution in [0.2, 0.25) is 10.0 Å². The maximum atomic E-state index is 12.0. The van der Waals surface area contributed by atoms with Crippen LogP contribution in [0, 0.1) is 0 Å². The lowest BCUT2D eigenvalue weighted by Crippen LogP contribution is -2.51. The molecule has 0 aliphatic carbocycles. The molecule has 1 fully saturated rings. The van der Waals surface area contributed by atoms with Crippen LogP contribution >= 0.6 is 35.6 Å². The first kappa shape index (κ1) is 17.5. The van der Waals surface area contributed by atoms with E-state index < -0.39 is 0 Å². The van der Waals surface area contributed by atoms with Crippen LogP contribution in [0.4, 0.5) is 5.69 Å². The fourth-order valence-corrected chi connectivity index (χ4v) is 2.44. The van der Waals surface area contributed by atoms with Crippen molar-refractivity contribution in [1.82, 2.24) is 10.2 Å².